The van der Waals surface area contributed by atoms with Gasteiger partial charge in [0.05, 0.1) is 19.0 Å². The number of hydrogen-bond donors (Lipinski definition) is 0. The van der Waals surface area contributed by atoms with Crippen LogP contribution in [0.3, 0.4) is 0 Å². The lowest BCUT2D eigenvalue weighted by Gasteiger charge is -2.13. The van der Waals surface area contributed by atoms with Crippen molar-refractivity contribution in [3.05, 3.63) is 103 Å². The number of esters is 1. The predicted octanol–water partition coefficient (Wildman–Crippen LogP) is 5.64. The molecule has 0 spiro atoms. The minimum Gasteiger partial charge on any atom is -0.465 e. The maximum atomic E-state index is 12.2. The smallest absolute Gasteiger partial charge is 0.343 e. The molecular formula is C26H19N3O3. The second-order valence-electron chi connectivity index (χ2n) is 7.11. The van der Waals surface area contributed by atoms with Crippen molar-refractivity contribution in [3.63, 3.8) is 0 Å². The summed E-state index contributed by atoms with van der Waals surface area (Å²) in [7, 11) is 1.34. The van der Waals surface area contributed by atoms with E-state index in [0.29, 0.717) is 17.0 Å². The fraction of sp³-hybridized carbons (Fsp3) is 0.0385. The Bertz CT molecular complexity index is 1400. The van der Waals surface area contributed by atoms with E-state index in [-0.39, 0.29) is 0 Å². The number of ether oxygens (including phenoxy) is 2. The van der Waals surface area contributed by atoms with Crippen molar-refractivity contribution >= 4 is 11.6 Å². The van der Waals surface area contributed by atoms with Crippen LogP contribution in [-0.4, -0.2) is 27.7 Å². The van der Waals surface area contributed by atoms with Crippen molar-refractivity contribution in [2.75, 3.05) is 7.11 Å². The number of aromatic nitrogens is 3. The third-order valence-electron chi connectivity index (χ3n) is 5.10. The van der Waals surface area contributed by atoms with Crippen LogP contribution in [0.1, 0.15) is 10.4 Å². The number of fused-ring (bicyclic) bond motifs is 1. The number of benzene rings is 3. The Labute approximate surface area is 184 Å². The molecule has 6 nitrogen and oxygen atoms in total. The molecule has 0 atom stereocenters. The fourth-order valence-electron chi connectivity index (χ4n) is 3.62. The second kappa shape index (κ2) is 8.35. The number of hydrogen-bond acceptors (Lipinski definition) is 5. The van der Waals surface area contributed by atoms with Gasteiger partial charge in [-0.3, -0.25) is 0 Å². The van der Waals surface area contributed by atoms with E-state index in [4.69, 9.17) is 9.47 Å². The van der Waals surface area contributed by atoms with Gasteiger partial charge in [-0.15, -0.1) is 0 Å². The number of nitrogens with zero attached hydrogens (tertiary/aromatic N) is 3. The SMILES string of the molecule is COC(=O)c1cnn2c(-c3cccc(Oc4ccccc4)c3)c(-c3ccccc3)cnc12. The van der Waals surface area contributed by atoms with Gasteiger partial charge in [-0.25, -0.2) is 14.3 Å². The van der Waals surface area contributed by atoms with E-state index in [1.165, 1.54) is 13.3 Å². The molecule has 0 saturated heterocycles. The van der Waals surface area contributed by atoms with Crippen molar-refractivity contribution < 1.29 is 14.3 Å². The first-order chi connectivity index (χ1) is 15.7. The van der Waals surface area contributed by atoms with Crippen molar-refractivity contribution in [2.45, 2.75) is 0 Å². The van der Waals surface area contributed by atoms with Crippen molar-refractivity contribution in [1.82, 2.24) is 14.6 Å². The quantitative estimate of drug-likeness (QED) is 0.344. The fourth-order valence-corrected chi connectivity index (χ4v) is 3.62. The molecule has 2 heterocycles. The first kappa shape index (κ1) is 19.5. The Balaban J connectivity index is 1.70. The Kier molecular flexibility index (Phi) is 5.09. The molecule has 0 aliphatic heterocycles. The van der Waals surface area contributed by atoms with Gasteiger partial charge in [-0.1, -0.05) is 60.7 Å². The molecular weight excluding hydrogens is 402 g/mol. The summed E-state index contributed by atoms with van der Waals surface area (Å²) < 4.78 is 12.6. The number of rotatable bonds is 5. The summed E-state index contributed by atoms with van der Waals surface area (Å²) in [4.78, 5) is 16.7. The third kappa shape index (κ3) is 3.58. The molecule has 0 saturated carbocycles. The van der Waals surface area contributed by atoms with Gasteiger partial charge < -0.3 is 9.47 Å². The van der Waals surface area contributed by atoms with E-state index in [2.05, 4.69) is 10.1 Å². The Morgan fingerprint density at radius 3 is 2.25 bits per heavy atom. The largest absolute Gasteiger partial charge is 0.465 e. The lowest BCUT2D eigenvalue weighted by molar-refractivity contribution is 0.0602. The maximum absolute atomic E-state index is 12.2. The summed E-state index contributed by atoms with van der Waals surface area (Å²) in [5.74, 6) is 0.963. The standard InChI is InChI=1S/C26H19N3O3/c1-31-26(30)23-17-28-29-24(22(16-27-25(23)29)18-9-4-2-5-10-18)19-11-8-14-21(15-19)32-20-12-6-3-7-13-20/h2-17H,1H3. The molecule has 156 valence electrons. The summed E-state index contributed by atoms with van der Waals surface area (Å²) in [6.45, 7) is 0. The van der Waals surface area contributed by atoms with E-state index >= 15 is 0 Å². The van der Waals surface area contributed by atoms with Gasteiger partial charge in [0.1, 0.15) is 17.1 Å². The summed E-state index contributed by atoms with van der Waals surface area (Å²) in [5.41, 5.74) is 4.29. The van der Waals surface area contributed by atoms with Crippen LogP contribution < -0.4 is 4.74 Å². The highest BCUT2D eigenvalue weighted by molar-refractivity contribution is 5.96. The average Bonchev–Trinajstić information content (AvgIpc) is 3.28. The molecule has 2 aromatic heterocycles. The van der Waals surface area contributed by atoms with Gasteiger partial charge in [0, 0.05) is 17.3 Å². The number of carbonyl (C=O) groups excluding carboxylic acids is 1. The molecule has 5 aromatic rings. The van der Waals surface area contributed by atoms with Crippen LogP contribution in [0.15, 0.2) is 97.3 Å². The Morgan fingerprint density at radius 2 is 1.50 bits per heavy atom. The Morgan fingerprint density at radius 1 is 0.812 bits per heavy atom. The molecule has 0 amide bonds. The normalized spacial score (nSPS) is 10.8. The van der Waals surface area contributed by atoms with E-state index < -0.39 is 5.97 Å². The highest BCUT2D eigenvalue weighted by Gasteiger charge is 2.20. The lowest BCUT2D eigenvalue weighted by atomic mass is 10.0. The van der Waals surface area contributed by atoms with Gasteiger partial charge in [-0.05, 0) is 29.8 Å². The summed E-state index contributed by atoms with van der Waals surface area (Å²) in [6.07, 6.45) is 3.25. The van der Waals surface area contributed by atoms with Gasteiger partial charge >= 0.3 is 5.97 Å². The first-order valence-electron chi connectivity index (χ1n) is 10.1. The molecule has 3 aromatic carbocycles. The van der Waals surface area contributed by atoms with Crippen LogP contribution in [0.4, 0.5) is 0 Å². The van der Waals surface area contributed by atoms with Crippen LogP contribution in [0.25, 0.3) is 28.0 Å². The number of carbonyl (C=O) groups is 1. The van der Waals surface area contributed by atoms with Gasteiger partial charge in [0.15, 0.2) is 5.65 Å². The van der Waals surface area contributed by atoms with Crippen LogP contribution >= 0.6 is 0 Å². The molecule has 0 unspecified atom stereocenters. The molecule has 32 heavy (non-hydrogen) atoms. The summed E-state index contributed by atoms with van der Waals surface area (Å²) in [5, 5.41) is 4.48. The minimum atomic E-state index is -0.480. The molecule has 0 bridgehead atoms. The molecule has 5 rings (SSSR count). The van der Waals surface area contributed by atoms with E-state index in [1.807, 2.05) is 84.9 Å². The van der Waals surface area contributed by atoms with Crippen molar-refractivity contribution in [3.8, 4) is 33.9 Å². The monoisotopic (exact) mass is 421 g/mol. The van der Waals surface area contributed by atoms with Crippen LogP contribution in [0.2, 0.25) is 0 Å². The minimum absolute atomic E-state index is 0.310. The topological polar surface area (TPSA) is 65.7 Å². The highest BCUT2D eigenvalue weighted by Crippen LogP contribution is 2.35. The molecule has 0 aliphatic rings. The zero-order chi connectivity index (χ0) is 21.9. The summed E-state index contributed by atoms with van der Waals surface area (Å²) in [6, 6.07) is 27.3. The second-order valence-corrected chi connectivity index (χ2v) is 7.11. The highest BCUT2D eigenvalue weighted by atomic mass is 16.5. The maximum Gasteiger partial charge on any atom is 0.343 e. The average molecular weight is 421 g/mol. The summed E-state index contributed by atoms with van der Waals surface area (Å²) >= 11 is 0. The van der Waals surface area contributed by atoms with Crippen molar-refractivity contribution in [2.24, 2.45) is 0 Å². The van der Waals surface area contributed by atoms with Gasteiger partial charge in [0.2, 0.25) is 0 Å². The Hall–Kier alpha value is -4.45. The van der Waals surface area contributed by atoms with Crippen molar-refractivity contribution in [1.29, 1.82) is 0 Å². The van der Waals surface area contributed by atoms with Crippen LogP contribution in [-0.2, 0) is 4.74 Å². The molecule has 6 heteroatoms. The molecule has 0 aliphatic carbocycles. The van der Waals surface area contributed by atoms with E-state index in [1.54, 1.807) is 10.7 Å². The zero-order valence-electron chi connectivity index (χ0n) is 17.3. The van der Waals surface area contributed by atoms with E-state index in [0.717, 1.165) is 28.1 Å². The predicted molar refractivity (Wildman–Crippen MR) is 122 cm³/mol. The third-order valence-corrected chi connectivity index (χ3v) is 5.10. The van der Waals surface area contributed by atoms with E-state index in [9.17, 15) is 4.79 Å². The molecule has 0 radical (unpaired) electrons. The first-order valence-corrected chi connectivity index (χ1v) is 10.1. The van der Waals surface area contributed by atoms with Crippen LogP contribution in [0.5, 0.6) is 11.5 Å². The molecule has 0 fully saturated rings. The van der Waals surface area contributed by atoms with Crippen LogP contribution in [0, 0.1) is 0 Å². The molecule has 0 N–H and O–H groups in total. The number of para-hydroxylation sites is 1. The van der Waals surface area contributed by atoms with Gasteiger partial charge in [-0.2, -0.15) is 5.10 Å². The number of methoxy groups -OCH3 is 1. The van der Waals surface area contributed by atoms with Gasteiger partial charge in [0.25, 0.3) is 0 Å². The lowest BCUT2D eigenvalue weighted by Crippen LogP contribution is -2.04. The zero-order valence-corrected chi connectivity index (χ0v) is 17.3.